The van der Waals surface area contributed by atoms with Crippen LogP contribution in [0.5, 0.6) is 0 Å². The van der Waals surface area contributed by atoms with E-state index in [0.717, 1.165) is 12.8 Å². The normalized spacial score (nSPS) is 35.2. The molecule has 1 saturated heterocycles. The number of rotatable bonds is 2. The van der Waals surface area contributed by atoms with E-state index in [1.54, 1.807) is 7.11 Å². The molecule has 0 N–H and O–H groups in total. The van der Waals surface area contributed by atoms with Crippen LogP contribution in [0.4, 0.5) is 0 Å². The van der Waals surface area contributed by atoms with E-state index in [2.05, 4.69) is 0 Å². The summed E-state index contributed by atoms with van der Waals surface area (Å²) in [4.78, 5) is 0. The third-order valence-corrected chi connectivity index (χ3v) is 1.49. The van der Waals surface area contributed by atoms with Crippen molar-refractivity contribution in [2.24, 2.45) is 0 Å². The van der Waals surface area contributed by atoms with Crippen LogP contribution >= 0.6 is 0 Å². The van der Waals surface area contributed by atoms with Crippen molar-refractivity contribution in [1.29, 1.82) is 0 Å². The zero-order valence-electron chi connectivity index (χ0n) is 5.67. The second kappa shape index (κ2) is 3.23. The topological polar surface area (TPSA) is 18.5 Å². The lowest BCUT2D eigenvalue weighted by molar-refractivity contribution is 0.0251. The fraction of sp³-hybridized carbons (Fsp3) is 1.00. The van der Waals surface area contributed by atoms with Gasteiger partial charge in [-0.05, 0) is 12.8 Å². The largest absolute Gasteiger partial charge is 0.382 e. The molecule has 1 fully saturated rings. The van der Waals surface area contributed by atoms with Crippen molar-refractivity contribution < 1.29 is 9.47 Å². The number of hydrogen-bond donors (Lipinski definition) is 0. The van der Waals surface area contributed by atoms with E-state index in [1.807, 2.05) is 0 Å². The first-order valence-corrected chi connectivity index (χ1v) is 3.23. The molecule has 0 saturated carbocycles. The summed E-state index contributed by atoms with van der Waals surface area (Å²) in [5.41, 5.74) is 0. The van der Waals surface area contributed by atoms with Crippen LogP contribution in [0, 0.1) is 0 Å². The highest BCUT2D eigenvalue weighted by atomic mass is 16.5. The molecule has 0 aromatic heterocycles. The molecule has 0 unspecified atom stereocenters. The molecule has 0 aromatic rings. The molecule has 2 radical (unpaired) electrons. The molecule has 0 aromatic carbocycles. The Labute approximate surface area is 56.9 Å². The van der Waals surface area contributed by atoms with Gasteiger partial charge in [0.05, 0.1) is 12.7 Å². The highest BCUT2D eigenvalue weighted by molar-refractivity contribution is 6.11. The molecule has 3 heteroatoms. The third-order valence-electron chi connectivity index (χ3n) is 1.49. The van der Waals surface area contributed by atoms with E-state index >= 15 is 0 Å². The van der Waals surface area contributed by atoms with Crippen LogP contribution in [0.1, 0.15) is 12.8 Å². The fourth-order valence-electron chi connectivity index (χ4n) is 1.04. The minimum Gasteiger partial charge on any atom is -0.382 e. The summed E-state index contributed by atoms with van der Waals surface area (Å²) >= 11 is 0. The summed E-state index contributed by atoms with van der Waals surface area (Å²) in [7, 11) is 7.15. The molecule has 1 aliphatic heterocycles. The van der Waals surface area contributed by atoms with Gasteiger partial charge in [0.1, 0.15) is 7.85 Å². The van der Waals surface area contributed by atoms with Gasteiger partial charge in [0, 0.05) is 13.1 Å². The smallest absolute Gasteiger partial charge is 0.109 e. The van der Waals surface area contributed by atoms with Gasteiger partial charge in [0.15, 0.2) is 0 Å². The predicted molar refractivity (Wildman–Crippen MR) is 35.5 cm³/mol. The van der Waals surface area contributed by atoms with Crippen LogP contribution in [-0.2, 0) is 9.47 Å². The van der Waals surface area contributed by atoms with Gasteiger partial charge in [0.25, 0.3) is 0 Å². The van der Waals surface area contributed by atoms with E-state index in [0.29, 0.717) is 6.61 Å². The van der Waals surface area contributed by atoms with Crippen molar-refractivity contribution in [1.82, 2.24) is 0 Å². The van der Waals surface area contributed by atoms with Gasteiger partial charge in [-0.15, -0.1) is 0 Å². The van der Waals surface area contributed by atoms with Crippen molar-refractivity contribution in [3.63, 3.8) is 0 Å². The number of hydrogen-bond acceptors (Lipinski definition) is 2. The minimum atomic E-state index is -0.0508. The van der Waals surface area contributed by atoms with Crippen molar-refractivity contribution in [3.05, 3.63) is 0 Å². The summed E-state index contributed by atoms with van der Waals surface area (Å²) in [6.07, 6.45) is 2.24. The molecule has 0 amide bonds. The summed E-state index contributed by atoms with van der Waals surface area (Å²) in [6.45, 7) is 0.674. The first-order chi connectivity index (χ1) is 4.33. The van der Waals surface area contributed by atoms with Gasteiger partial charge in [-0.1, -0.05) is 0 Å². The first-order valence-electron chi connectivity index (χ1n) is 3.23. The van der Waals surface area contributed by atoms with Crippen molar-refractivity contribution in [2.45, 2.75) is 24.9 Å². The Morgan fingerprint density at radius 2 is 2.44 bits per heavy atom. The van der Waals surface area contributed by atoms with Gasteiger partial charge in [-0.2, -0.15) is 0 Å². The van der Waals surface area contributed by atoms with Gasteiger partial charge in [-0.3, -0.25) is 0 Å². The maximum Gasteiger partial charge on any atom is 0.109 e. The van der Waals surface area contributed by atoms with E-state index in [-0.39, 0.29) is 12.1 Å². The summed E-state index contributed by atoms with van der Waals surface area (Å²) in [6, 6.07) is -0.0508. The molecular weight excluding hydrogens is 115 g/mol. The summed E-state index contributed by atoms with van der Waals surface area (Å²) < 4.78 is 10.1. The molecule has 1 aliphatic rings. The van der Waals surface area contributed by atoms with Crippen molar-refractivity contribution in [3.8, 4) is 0 Å². The highest BCUT2D eigenvalue weighted by Gasteiger charge is 2.20. The Morgan fingerprint density at radius 1 is 1.67 bits per heavy atom. The summed E-state index contributed by atoms with van der Waals surface area (Å²) in [5.74, 6) is 0. The second-order valence-corrected chi connectivity index (χ2v) is 2.33. The highest BCUT2D eigenvalue weighted by Crippen LogP contribution is 2.16. The molecule has 1 heterocycles. The van der Waals surface area contributed by atoms with Crippen molar-refractivity contribution in [2.75, 3.05) is 13.7 Å². The zero-order chi connectivity index (χ0) is 6.69. The Kier molecular flexibility index (Phi) is 2.55. The molecular formula is C6H11BO2. The Morgan fingerprint density at radius 3 is 2.89 bits per heavy atom. The average molecular weight is 126 g/mol. The maximum absolute atomic E-state index is 5.48. The van der Waals surface area contributed by atoms with E-state index in [4.69, 9.17) is 17.3 Å². The Hall–Kier alpha value is -0.0151. The lowest BCUT2D eigenvalue weighted by Gasteiger charge is -2.08. The van der Waals surface area contributed by atoms with Crippen LogP contribution in [0.2, 0.25) is 0 Å². The van der Waals surface area contributed by atoms with Gasteiger partial charge < -0.3 is 9.47 Å². The van der Waals surface area contributed by atoms with Crippen LogP contribution in [0.15, 0.2) is 0 Å². The lowest BCUT2D eigenvalue weighted by atomic mass is 9.97. The fourth-order valence-corrected chi connectivity index (χ4v) is 1.04. The van der Waals surface area contributed by atoms with Gasteiger partial charge in [-0.25, -0.2) is 0 Å². The molecule has 0 bridgehead atoms. The Bertz CT molecular complexity index is 85.1. The quantitative estimate of drug-likeness (QED) is 0.495. The monoisotopic (exact) mass is 126 g/mol. The Balaban J connectivity index is 2.14. The van der Waals surface area contributed by atoms with Crippen molar-refractivity contribution >= 4 is 7.85 Å². The second-order valence-electron chi connectivity index (χ2n) is 2.33. The van der Waals surface area contributed by atoms with E-state index < -0.39 is 0 Å². The van der Waals surface area contributed by atoms with Gasteiger partial charge >= 0.3 is 0 Å². The summed E-state index contributed by atoms with van der Waals surface area (Å²) in [5, 5.41) is 0. The van der Waals surface area contributed by atoms with Crippen LogP contribution < -0.4 is 0 Å². The zero-order valence-corrected chi connectivity index (χ0v) is 5.67. The minimum absolute atomic E-state index is 0.0508. The van der Waals surface area contributed by atoms with Gasteiger partial charge in [0.2, 0.25) is 0 Å². The molecule has 0 aliphatic carbocycles. The molecule has 0 spiro atoms. The third kappa shape index (κ3) is 1.99. The molecule has 2 nitrogen and oxygen atoms in total. The predicted octanol–water partition coefficient (Wildman–Crippen LogP) is 0.306. The average Bonchev–Trinajstić information content (AvgIpc) is 2.17. The molecule has 1 rings (SSSR count). The van der Waals surface area contributed by atoms with Crippen LogP contribution in [-0.4, -0.2) is 33.7 Å². The molecule has 50 valence electrons. The lowest BCUT2D eigenvalue weighted by Crippen LogP contribution is -2.15. The number of ether oxygens (including phenoxy) is 2. The number of methoxy groups -OCH3 is 1. The van der Waals surface area contributed by atoms with E-state index in [9.17, 15) is 0 Å². The first kappa shape index (κ1) is 7.10. The molecule has 2 atom stereocenters. The molecule has 9 heavy (non-hydrogen) atoms. The standard InChI is InChI=1S/C6H11BO2/c1-8-4-5-2-3-6(7)9-5/h5-6H,2-4H2,1H3/t5-,6+/m0/s1. The van der Waals surface area contributed by atoms with Crippen LogP contribution in [0.25, 0.3) is 0 Å². The van der Waals surface area contributed by atoms with Crippen LogP contribution in [0.3, 0.4) is 0 Å². The maximum atomic E-state index is 5.48. The SMILES string of the molecule is [B][C@H]1CC[C@@H](COC)O1. The van der Waals surface area contributed by atoms with E-state index in [1.165, 1.54) is 0 Å².